The lowest BCUT2D eigenvalue weighted by Crippen LogP contribution is -1.84. The monoisotopic (exact) mass is 176 g/mol. The maximum atomic E-state index is 7.02. The van der Waals surface area contributed by atoms with Gasteiger partial charge in [0.05, 0.1) is 10.7 Å². The summed E-state index contributed by atoms with van der Waals surface area (Å²) in [6, 6.07) is 4.78. The van der Waals surface area contributed by atoms with Gasteiger partial charge in [-0.05, 0) is 24.4 Å². The zero-order chi connectivity index (χ0) is 10.1. The molecule has 0 amide bonds. The van der Waals surface area contributed by atoms with Crippen molar-refractivity contribution in [3.63, 3.8) is 0 Å². The second-order valence-electron chi connectivity index (χ2n) is 1.79. The summed E-state index contributed by atoms with van der Waals surface area (Å²) in [5.41, 5.74) is 5.93. The summed E-state index contributed by atoms with van der Waals surface area (Å²) in [4.78, 5) is 0.596. The number of nitrogens with two attached hydrogens (primary N) is 1. The normalized spacial score (nSPS) is 15.5. The predicted molar refractivity (Wildman–Crippen MR) is 47.6 cm³/mol. The molecular formula is C7H8ClNS. The number of thioether (sulfide) groups is 1. The highest BCUT2D eigenvalue weighted by Gasteiger charge is 1.95. The third kappa shape index (κ3) is 1.58. The van der Waals surface area contributed by atoms with E-state index in [9.17, 15) is 0 Å². The Kier molecular flexibility index (Phi) is 1.43. The summed E-state index contributed by atoms with van der Waals surface area (Å²) in [7, 11) is 0. The van der Waals surface area contributed by atoms with Gasteiger partial charge in [0.2, 0.25) is 0 Å². The first kappa shape index (κ1) is 4.52. The Morgan fingerprint density at radius 2 is 2.50 bits per heavy atom. The van der Waals surface area contributed by atoms with Crippen LogP contribution in [0.2, 0.25) is 5.02 Å². The molecule has 1 rings (SSSR count). The Hall–Kier alpha value is -0.340. The summed E-state index contributed by atoms with van der Waals surface area (Å²) < 4.78 is 21.0. The van der Waals surface area contributed by atoms with Crippen molar-refractivity contribution in [1.82, 2.24) is 0 Å². The van der Waals surface area contributed by atoms with Gasteiger partial charge in [0.15, 0.2) is 0 Å². The Balaban J connectivity index is 2.86. The van der Waals surface area contributed by atoms with Gasteiger partial charge in [-0.3, -0.25) is 0 Å². The molecule has 0 radical (unpaired) electrons. The van der Waals surface area contributed by atoms with Crippen LogP contribution in [0, 0.1) is 0 Å². The Morgan fingerprint density at radius 1 is 1.70 bits per heavy atom. The quantitative estimate of drug-likeness (QED) is 0.526. The van der Waals surface area contributed by atoms with Crippen molar-refractivity contribution in [2.75, 3.05) is 11.9 Å². The van der Waals surface area contributed by atoms with Gasteiger partial charge in [-0.1, -0.05) is 11.6 Å². The molecule has 0 heterocycles. The molecule has 1 nitrogen and oxygen atoms in total. The molecule has 0 atom stereocenters. The van der Waals surface area contributed by atoms with Crippen LogP contribution in [-0.2, 0) is 0 Å². The Bertz CT molecular complexity index is 313. The van der Waals surface area contributed by atoms with Gasteiger partial charge in [0.25, 0.3) is 0 Å². The third-order valence-corrected chi connectivity index (χ3v) is 1.91. The highest BCUT2D eigenvalue weighted by molar-refractivity contribution is 7.98. The fourth-order valence-electron chi connectivity index (χ4n) is 0.571. The lowest BCUT2D eigenvalue weighted by molar-refractivity contribution is 1.47. The number of benzene rings is 1. The number of nitrogen functional groups attached to an aromatic ring is 1. The second kappa shape index (κ2) is 3.17. The maximum Gasteiger partial charge on any atom is 0.0646 e. The van der Waals surface area contributed by atoms with E-state index in [-0.39, 0.29) is 0 Å². The number of anilines is 1. The van der Waals surface area contributed by atoms with E-state index in [2.05, 4.69) is 0 Å². The molecule has 3 heteroatoms. The summed E-state index contributed by atoms with van der Waals surface area (Å²) in [5, 5.41) is 0.384. The van der Waals surface area contributed by atoms with Crippen LogP contribution in [0.25, 0.3) is 0 Å². The molecule has 0 unspecified atom stereocenters. The van der Waals surface area contributed by atoms with E-state index in [1.807, 2.05) is 0 Å². The zero-order valence-electron chi connectivity index (χ0n) is 8.10. The van der Waals surface area contributed by atoms with E-state index in [1.165, 1.54) is 0 Å². The molecule has 0 aliphatic rings. The van der Waals surface area contributed by atoms with Crippen LogP contribution >= 0.6 is 23.4 Å². The van der Waals surface area contributed by atoms with Crippen LogP contribution in [-0.4, -0.2) is 6.18 Å². The third-order valence-electron chi connectivity index (χ3n) is 1.09. The molecule has 0 spiro atoms. The van der Waals surface area contributed by atoms with E-state index >= 15 is 0 Å². The van der Waals surface area contributed by atoms with Crippen LogP contribution in [0.3, 0.4) is 0 Å². The SMILES string of the molecule is [2H]C([2H])([2H])Sc1ccc(N)c(Cl)c1. The van der Waals surface area contributed by atoms with Crippen molar-refractivity contribution in [2.24, 2.45) is 0 Å². The summed E-state index contributed by atoms with van der Waals surface area (Å²) in [5.74, 6) is 0. The average Bonchev–Trinajstić information content (AvgIpc) is 1.94. The fourth-order valence-corrected chi connectivity index (χ4v) is 1.13. The van der Waals surface area contributed by atoms with E-state index in [0.29, 0.717) is 15.6 Å². The topological polar surface area (TPSA) is 26.0 Å². The van der Waals surface area contributed by atoms with Crippen molar-refractivity contribution >= 4 is 29.1 Å². The van der Waals surface area contributed by atoms with Gasteiger partial charge in [0.1, 0.15) is 0 Å². The highest BCUT2D eigenvalue weighted by atomic mass is 35.5. The van der Waals surface area contributed by atoms with E-state index < -0.39 is 6.18 Å². The molecule has 0 aromatic heterocycles. The highest BCUT2D eigenvalue weighted by Crippen LogP contribution is 2.24. The molecular weight excluding hydrogens is 166 g/mol. The molecule has 1 aromatic rings. The van der Waals surface area contributed by atoms with Crippen molar-refractivity contribution in [3.8, 4) is 0 Å². The largest absolute Gasteiger partial charge is 0.398 e. The van der Waals surface area contributed by atoms with Gasteiger partial charge in [-0.25, -0.2) is 0 Å². The first-order valence-electron chi connectivity index (χ1n) is 4.12. The maximum absolute atomic E-state index is 7.02. The fraction of sp³-hybridized carbons (Fsp3) is 0.143. The number of hydrogen-bond acceptors (Lipinski definition) is 2. The van der Waals surface area contributed by atoms with Crippen LogP contribution in [0.1, 0.15) is 4.11 Å². The Morgan fingerprint density at radius 3 is 3.10 bits per heavy atom. The minimum Gasteiger partial charge on any atom is -0.398 e. The molecule has 0 saturated carbocycles. The second-order valence-corrected chi connectivity index (χ2v) is 2.87. The van der Waals surface area contributed by atoms with Crippen LogP contribution in [0.15, 0.2) is 23.1 Å². The van der Waals surface area contributed by atoms with Crippen molar-refractivity contribution < 1.29 is 4.11 Å². The van der Waals surface area contributed by atoms with Crippen LogP contribution in [0.4, 0.5) is 5.69 Å². The lowest BCUT2D eigenvalue weighted by atomic mass is 10.3. The first-order valence-corrected chi connectivity index (χ1v) is 3.82. The molecule has 1 aromatic carbocycles. The summed E-state index contributed by atoms with van der Waals surface area (Å²) in [6.45, 7) is 0. The molecule has 0 fully saturated rings. The van der Waals surface area contributed by atoms with Gasteiger partial charge in [0, 0.05) is 9.01 Å². The zero-order valence-corrected chi connectivity index (χ0v) is 6.67. The number of hydrogen-bond donors (Lipinski definition) is 1. The molecule has 2 N–H and O–H groups in total. The molecule has 54 valence electrons. The molecule has 0 aliphatic heterocycles. The first-order chi connectivity index (χ1) is 5.88. The van der Waals surface area contributed by atoms with Gasteiger partial charge < -0.3 is 5.73 Å². The molecule has 10 heavy (non-hydrogen) atoms. The molecule has 0 bridgehead atoms. The Labute approximate surface area is 73.8 Å². The van der Waals surface area contributed by atoms with Gasteiger partial charge >= 0.3 is 0 Å². The van der Waals surface area contributed by atoms with Gasteiger partial charge in [-0.15, -0.1) is 11.8 Å². The molecule has 0 saturated heterocycles. The predicted octanol–water partition coefficient (Wildman–Crippen LogP) is 2.64. The minimum absolute atomic E-state index is 0.384. The van der Waals surface area contributed by atoms with E-state index in [1.54, 1.807) is 18.2 Å². The number of rotatable bonds is 1. The van der Waals surface area contributed by atoms with Crippen LogP contribution in [0.5, 0.6) is 0 Å². The summed E-state index contributed by atoms with van der Waals surface area (Å²) >= 11 is 6.50. The average molecular weight is 177 g/mol. The van der Waals surface area contributed by atoms with Crippen LogP contribution < -0.4 is 5.73 Å². The minimum atomic E-state index is -2.04. The standard InChI is InChI=1S/C7H8ClNS/c1-10-5-2-3-7(9)6(8)4-5/h2-4H,9H2,1H3/i1D3. The van der Waals surface area contributed by atoms with E-state index in [4.69, 9.17) is 21.4 Å². The number of halogens is 1. The molecule has 0 aliphatic carbocycles. The summed E-state index contributed by atoms with van der Waals surface area (Å²) in [6.07, 6.45) is -2.04. The smallest absolute Gasteiger partial charge is 0.0646 e. The van der Waals surface area contributed by atoms with Gasteiger partial charge in [-0.2, -0.15) is 0 Å². The lowest BCUT2D eigenvalue weighted by Gasteiger charge is -1.98. The van der Waals surface area contributed by atoms with E-state index in [0.717, 1.165) is 11.8 Å². The van der Waals surface area contributed by atoms with Crippen molar-refractivity contribution in [2.45, 2.75) is 4.90 Å². The van der Waals surface area contributed by atoms with Crippen molar-refractivity contribution in [3.05, 3.63) is 23.2 Å². The van der Waals surface area contributed by atoms with Crippen molar-refractivity contribution in [1.29, 1.82) is 0 Å².